The van der Waals surface area contributed by atoms with Crippen LogP contribution in [0.3, 0.4) is 0 Å². The number of hydrogen-bond acceptors (Lipinski definition) is 6. The van der Waals surface area contributed by atoms with Crippen LogP contribution in [0.5, 0.6) is 17.2 Å². The summed E-state index contributed by atoms with van der Waals surface area (Å²) in [6.07, 6.45) is 1.09. The number of nitrogens with one attached hydrogen (secondary N) is 1. The van der Waals surface area contributed by atoms with Crippen molar-refractivity contribution in [2.75, 3.05) is 67.9 Å². The molecule has 0 amide bonds. The molecular weight excluding hydrogens is 374 g/mol. The van der Waals surface area contributed by atoms with Gasteiger partial charge in [-0.3, -0.25) is 0 Å². The smallest absolute Gasteiger partial charge is 0.194 e. The highest BCUT2D eigenvalue weighted by Gasteiger charge is 2.25. The van der Waals surface area contributed by atoms with Gasteiger partial charge in [-0.1, -0.05) is 0 Å². The van der Waals surface area contributed by atoms with Gasteiger partial charge in [-0.05, 0) is 13.3 Å². The summed E-state index contributed by atoms with van der Waals surface area (Å²) < 4.78 is 27.1. The quantitative estimate of drug-likeness (QED) is 0.341. The second-order valence-corrected chi connectivity index (χ2v) is 6.85. The van der Waals surface area contributed by atoms with Crippen molar-refractivity contribution in [3.8, 4) is 17.2 Å². The number of benzene rings is 1. The normalized spacial score (nSPS) is 16.8. The second-order valence-electron chi connectivity index (χ2n) is 6.85. The van der Waals surface area contributed by atoms with E-state index in [0.717, 1.165) is 44.2 Å². The fraction of sp³-hybridized carbons (Fsp3) is 0.667. The van der Waals surface area contributed by atoms with E-state index in [1.807, 2.05) is 12.1 Å². The summed E-state index contributed by atoms with van der Waals surface area (Å²) in [6.45, 7) is 7.23. The van der Waals surface area contributed by atoms with Gasteiger partial charge in [-0.15, -0.1) is 0 Å². The van der Waals surface area contributed by atoms with Crippen LogP contribution in [-0.2, 0) is 16.0 Å². The summed E-state index contributed by atoms with van der Waals surface area (Å²) in [7, 11) is 6.59. The lowest BCUT2D eigenvalue weighted by Gasteiger charge is -2.22. The highest BCUT2D eigenvalue weighted by atomic mass is 16.5. The minimum absolute atomic E-state index is 0.449. The number of methoxy groups -OCH3 is 4. The van der Waals surface area contributed by atoms with Gasteiger partial charge >= 0.3 is 0 Å². The Labute approximate surface area is 174 Å². The minimum Gasteiger partial charge on any atom is -0.496 e. The zero-order valence-electron chi connectivity index (χ0n) is 18.3. The molecule has 8 nitrogen and oxygen atoms in total. The molecule has 0 aromatic heterocycles. The summed E-state index contributed by atoms with van der Waals surface area (Å²) in [4.78, 5) is 7.14. The Morgan fingerprint density at radius 2 is 1.83 bits per heavy atom. The van der Waals surface area contributed by atoms with Crippen molar-refractivity contribution in [3.63, 3.8) is 0 Å². The fourth-order valence-corrected chi connectivity index (χ4v) is 3.37. The maximum atomic E-state index is 5.70. The number of likely N-dealkylation sites (tertiary alicyclic amines) is 1. The van der Waals surface area contributed by atoms with E-state index < -0.39 is 0 Å². The van der Waals surface area contributed by atoms with Gasteiger partial charge in [-0.25, -0.2) is 4.99 Å². The summed E-state index contributed by atoms with van der Waals surface area (Å²) in [5.41, 5.74) is 0.893. The van der Waals surface area contributed by atoms with Gasteiger partial charge < -0.3 is 33.9 Å². The van der Waals surface area contributed by atoms with Crippen LogP contribution in [0.15, 0.2) is 17.1 Å². The number of guanidine groups is 1. The molecule has 29 heavy (non-hydrogen) atoms. The van der Waals surface area contributed by atoms with E-state index in [9.17, 15) is 0 Å². The molecule has 1 aromatic rings. The molecule has 1 aliphatic heterocycles. The van der Waals surface area contributed by atoms with Crippen molar-refractivity contribution in [2.45, 2.75) is 19.9 Å². The van der Waals surface area contributed by atoms with Crippen LogP contribution in [0.4, 0.5) is 0 Å². The zero-order valence-corrected chi connectivity index (χ0v) is 18.3. The molecule has 0 saturated carbocycles. The summed E-state index contributed by atoms with van der Waals surface area (Å²) in [5, 5.41) is 3.40. The number of hydrogen-bond donors (Lipinski definition) is 1. The predicted molar refractivity (Wildman–Crippen MR) is 113 cm³/mol. The third-order valence-electron chi connectivity index (χ3n) is 4.91. The van der Waals surface area contributed by atoms with Gasteiger partial charge in [0.25, 0.3) is 0 Å². The molecule has 1 heterocycles. The minimum atomic E-state index is 0.449. The molecule has 1 atom stereocenters. The van der Waals surface area contributed by atoms with Crippen molar-refractivity contribution in [3.05, 3.63) is 17.7 Å². The second kappa shape index (κ2) is 12.4. The maximum absolute atomic E-state index is 5.70. The highest BCUT2D eigenvalue weighted by Crippen LogP contribution is 2.34. The molecule has 2 rings (SSSR count). The third-order valence-corrected chi connectivity index (χ3v) is 4.91. The molecule has 1 N–H and O–H groups in total. The molecular formula is C21H35N3O5. The van der Waals surface area contributed by atoms with Gasteiger partial charge in [0.05, 0.1) is 53.3 Å². The molecule has 1 aromatic carbocycles. The Kier molecular flexibility index (Phi) is 9.87. The van der Waals surface area contributed by atoms with Gasteiger partial charge in [0, 0.05) is 44.8 Å². The van der Waals surface area contributed by atoms with Crippen molar-refractivity contribution in [2.24, 2.45) is 10.9 Å². The first-order valence-electron chi connectivity index (χ1n) is 10.1. The first-order valence-corrected chi connectivity index (χ1v) is 10.1. The Morgan fingerprint density at radius 1 is 1.10 bits per heavy atom. The Morgan fingerprint density at radius 3 is 2.41 bits per heavy atom. The molecule has 164 valence electrons. The lowest BCUT2D eigenvalue weighted by molar-refractivity contribution is 0.0536. The van der Waals surface area contributed by atoms with E-state index in [2.05, 4.69) is 17.1 Å². The molecule has 0 radical (unpaired) electrons. The molecule has 1 aliphatic rings. The van der Waals surface area contributed by atoms with Crippen molar-refractivity contribution in [1.82, 2.24) is 10.2 Å². The van der Waals surface area contributed by atoms with Crippen LogP contribution in [-0.4, -0.2) is 78.8 Å². The van der Waals surface area contributed by atoms with E-state index in [1.165, 1.54) is 0 Å². The number of ether oxygens (including phenoxy) is 5. The van der Waals surface area contributed by atoms with Gasteiger partial charge in [-0.2, -0.15) is 0 Å². The first-order chi connectivity index (χ1) is 14.2. The van der Waals surface area contributed by atoms with E-state index in [0.29, 0.717) is 42.9 Å². The number of aliphatic imine (C=N–C) groups is 1. The average molecular weight is 410 g/mol. The molecule has 8 heteroatoms. The maximum Gasteiger partial charge on any atom is 0.194 e. The SMILES string of the molecule is CCNC(=NCc1c(OC)cc(OC)cc1OC)N1CCC(COCCOC)C1. The Balaban J connectivity index is 2.08. The van der Waals surface area contributed by atoms with Gasteiger partial charge in [0.1, 0.15) is 17.2 Å². The molecule has 0 bridgehead atoms. The van der Waals surface area contributed by atoms with E-state index in [4.69, 9.17) is 28.7 Å². The van der Waals surface area contributed by atoms with Crippen molar-refractivity contribution >= 4 is 5.96 Å². The van der Waals surface area contributed by atoms with Crippen LogP contribution in [0.2, 0.25) is 0 Å². The largest absolute Gasteiger partial charge is 0.496 e. The average Bonchev–Trinajstić information content (AvgIpc) is 3.22. The first kappa shape index (κ1) is 23.1. The standard InChI is InChI=1S/C21H35N3O5/c1-6-22-21(24-8-7-16(14-24)15-29-10-9-25-2)23-13-18-19(27-4)11-17(26-3)12-20(18)28-5/h11-12,16H,6-10,13-15H2,1-5H3,(H,22,23). The van der Waals surface area contributed by atoms with Crippen LogP contribution < -0.4 is 19.5 Å². The van der Waals surface area contributed by atoms with Gasteiger partial charge in [0.15, 0.2) is 5.96 Å². The lowest BCUT2D eigenvalue weighted by atomic mass is 10.1. The summed E-state index contributed by atoms with van der Waals surface area (Å²) >= 11 is 0. The van der Waals surface area contributed by atoms with E-state index >= 15 is 0 Å². The highest BCUT2D eigenvalue weighted by molar-refractivity contribution is 5.80. The number of nitrogens with zero attached hydrogens (tertiary/aromatic N) is 2. The Hall–Kier alpha value is -2.19. The van der Waals surface area contributed by atoms with E-state index in [-0.39, 0.29) is 0 Å². The van der Waals surface area contributed by atoms with E-state index in [1.54, 1.807) is 28.4 Å². The molecule has 1 fully saturated rings. The number of rotatable bonds is 11. The zero-order chi connectivity index (χ0) is 21.1. The Bertz CT molecular complexity index is 628. The third kappa shape index (κ3) is 6.68. The van der Waals surface area contributed by atoms with Crippen LogP contribution in [0.1, 0.15) is 18.9 Å². The van der Waals surface area contributed by atoms with Crippen LogP contribution in [0, 0.1) is 5.92 Å². The predicted octanol–water partition coefficient (Wildman–Crippen LogP) is 2.16. The molecule has 0 spiro atoms. The van der Waals surface area contributed by atoms with Crippen LogP contribution >= 0.6 is 0 Å². The molecule has 1 unspecified atom stereocenters. The van der Waals surface area contributed by atoms with Crippen molar-refractivity contribution < 1.29 is 23.7 Å². The van der Waals surface area contributed by atoms with Crippen LogP contribution in [0.25, 0.3) is 0 Å². The lowest BCUT2D eigenvalue weighted by Crippen LogP contribution is -2.40. The monoisotopic (exact) mass is 409 g/mol. The van der Waals surface area contributed by atoms with Crippen molar-refractivity contribution in [1.29, 1.82) is 0 Å². The van der Waals surface area contributed by atoms with Gasteiger partial charge in [0.2, 0.25) is 0 Å². The molecule has 0 aliphatic carbocycles. The topological polar surface area (TPSA) is 73.8 Å². The summed E-state index contributed by atoms with van der Waals surface area (Å²) in [5.74, 6) is 3.49. The molecule has 1 saturated heterocycles. The fourth-order valence-electron chi connectivity index (χ4n) is 3.37. The summed E-state index contributed by atoms with van der Waals surface area (Å²) in [6, 6.07) is 3.70.